The maximum atomic E-state index is 12.6. The van der Waals surface area contributed by atoms with Gasteiger partial charge in [0.2, 0.25) is 0 Å². The van der Waals surface area contributed by atoms with Crippen LogP contribution in [0.4, 0.5) is 18.0 Å². The van der Waals surface area contributed by atoms with E-state index in [-0.39, 0.29) is 12.1 Å². The predicted molar refractivity (Wildman–Crippen MR) is 85.0 cm³/mol. The lowest BCUT2D eigenvalue weighted by Crippen LogP contribution is -2.35. The van der Waals surface area contributed by atoms with Crippen molar-refractivity contribution in [2.24, 2.45) is 0 Å². The third-order valence-electron chi connectivity index (χ3n) is 3.06. The fourth-order valence-corrected chi connectivity index (χ4v) is 1.88. The average Bonchev–Trinajstić information content (AvgIpc) is 2.57. The molecular formula is C18H15F3N2O. The van der Waals surface area contributed by atoms with Crippen LogP contribution in [0.1, 0.15) is 16.7 Å². The van der Waals surface area contributed by atoms with Gasteiger partial charge in [-0.2, -0.15) is 13.2 Å². The summed E-state index contributed by atoms with van der Waals surface area (Å²) in [6.07, 6.45) is -4.40. The number of rotatable bonds is 3. The van der Waals surface area contributed by atoms with Gasteiger partial charge < -0.3 is 10.6 Å². The molecule has 2 amide bonds. The molecule has 0 saturated heterocycles. The molecule has 0 aliphatic carbocycles. The highest BCUT2D eigenvalue weighted by Gasteiger charge is 2.30. The first-order chi connectivity index (χ1) is 11.4. The molecule has 0 heterocycles. The van der Waals surface area contributed by atoms with E-state index in [1.165, 1.54) is 12.1 Å². The van der Waals surface area contributed by atoms with Gasteiger partial charge in [-0.25, -0.2) is 4.79 Å². The zero-order valence-corrected chi connectivity index (χ0v) is 12.7. The molecule has 0 unspecified atom stereocenters. The Balaban J connectivity index is 1.80. The Kier molecular flexibility index (Phi) is 5.85. The van der Waals surface area contributed by atoms with Crippen LogP contribution in [0.3, 0.4) is 0 Å². The number of alkyl halides is 3. The standard InChI is InChI=1S/C18H15F3N2O/c19-18(20,21)16-10-4-8-14(12-16)9-5-11-22-17(24)23-13-15-6-2-1-3-7-15/h1-4,6-8,10,12H,11,13H2,(H2,22,23,24). The fraction of sp³-hybridized carbons (Fsp3) is 0.167. The molecule has 2 aromatic rings. The van der Waals surface area contributed by atoms with Gasteiger partial charge in [0, 0.05) is 12.1 Å². The van der Waals surface area contributed by atoms with Gasteiger partial charge in [0.05, 0.1) is 12.1 Å². The first-order valence-electron chi connectivity index (χ1n) is 7.17. The molecule has 0 aliphatic heterocycles. The van der Waals surface area contributed by atoms with Crippen molar-refractivity contribution >= 4 is 6.03 Å². The maximum Gasteiger partial charge on any atom is 0.416 e. The zero-order valence-electron chi connectivity index (χ0n) is 12.7. The van der Waals surface area contributed by atoms with Gasteiger partial charge in [-0.05, 0) is 23.8 Å². The Labute approximate surface area is 137 Å². The summed E-state index contributed by atoms with van der Waals surface area (Å²) in [7, 11) is 0. The molecule has 0 aromatic heterocycles. The highest BCUT2D eigenvalue weighted by atomic mass is 19.4. The third kappa shape index (κ3) is 5.69. The van der Waals surface area contributed by atoms with Gasteiger partial charge in [-0.1, -0.05) is 48.2 Å². The number of halogens is 3. The van der Waals surface area contributed by atoms with Crippen molar-refractivity contribution in [2.45, 2.75) is 12.7 Å². The van der Waals surface area contributed by atoms with Crippen LogP contribution >= 0.6 is 0 Å². The lowest BCUT2D eigenvalue weighted by atomic mass is 10.1. The van der Waals surface area contributed by atoms with Crippen molar-refractivity contribution in [3.05, 3.63) is 71.3 Å². The highest BCUT2D eigenvalue weighted by Crippen LogP contribution is 2.29. The molecular weight excluding hydrogens is 317 g/mol. The lowest BCUT2D eigenvalue weighted by molar-refractivity contribution is -0.137. The quantitative estimate of drug-likeness (QED) is 0.829. The van der Waals surface area contributed by atoms with Gasteiger partial charge >= 0.3 is 12.2 Å². The van der Waals surface area contributed by atoms with Gasteiger partial charge in [-0.3, -0.25) is 0 Å². The number of benzene rings is 2. The Morgan fingerprint density at radius 1 is 1.00 bits per heavy atom. The van der Waals surface area contributed by atoms with E-state index in [1.807, 2.05) is 30.3 Å². The predicted octanol–water partition coefficient (Wildman–Crippen LogP) is 3.56. The van der Waals surface area contributed by atoms with E-state index in [2.05, 4.69) is 22.5 Å². The molecule has 2 aromatic carbocycles. The van der Waals surface area contributed by atoms with E-state index in [0.29, 0.717) is 6.54 Å². The Morgan fingerprint density at radius 2 is 1.75 bits per heavy atom. The summed E-state index contributed by atoms with van der Waals surface area (Å²) in [5, 5.41) is 5.18. The normalized spacial score (nSPS) is 10.5. The smallest absolute Gasteiger partial charge is 0.334 e. The van der Waals surface area contributed by atoms with Crippen LogP contribution in [0, 0.1) is 11.8 Å². The van der Waals surface area contributed by atoms with Crippen LogP contribution in [0.25, 0.3) is 0 Å². The number of nitrogens with one attached hydrogen (secondary N) is 2. The molecule has 0 saturated carbocycles. The molecule has 0 atom stereocenters. The van der Waals surface area contributed by atoms with Gasteiger partial charge in [0.25, 0.3) is 0 Å². The summed E-state index contributed by atoms with van der Waals surface area (Å²) in [5.74, 6) is 5.21. The van der Waals surface area contributed by atoms with E-state index in [1.54, 1.807) is 0 Å². The second-order valence-electron chi connectivity index (χ2n) is 4.90. The first kappa shape index (κ1) is 17.4. The molecule has 124 valence electrons. The van der Waals surface area contributed by atoms with Crippen LogP contribution in [0.15, 0.2) is 54.6 Å². The molecule has 3 nitrogen and oxygen atoms in total. The van der Waals surface area contributed by atoms with Crippen molar-refractivity contribution < 1.29 is 18.0 Å². The largest absolute Gasteiger partial charge is 0.416 e. The third-order valence-corrected chi connectivity index (χ3v) is 3.06. The second-order valence-corrected chi connectivity index (χ2v) is 4.90. The fourth-order valence-electron chi connectivity index (χ4n) is 1.88. The van der Waals surface area contributed by atoms with Crippen molar-refractivity contribution in [2.75, 3.05) is 6.54 Å². The molecule has 0 spiro atoms. The first-order valence-corrected chi connectivity index (χ1v) is 7.17. The molecule has 2 N–H and O–H groups in total. The minimum absolute atomic E-state index is 0.0386. The zero-order chi connectivity index (χ0) is 17.4. The summed E-state index contributed by atoms with van der Waals surface area (Å²) < 4.78 is 37.7. The van der Waals surface area contributed by atoms with Crippen LogP contribution in [0.2, 0.25) is 0 Å². The molecule has 0 aliphatic rings. The van der Waals surface area contributed by atoms with E-state index in [9.17, 15) is 18.0 Å². The summed E-state index contributed by atoms with van der Waals surface area (Å²) in [5.41, 5.74) is 0.460. The van der Waals surface area contributed by atoms with Crippen LogP contribution in [0.5, 0.6) is 0 Å². The minimum Gasteiger partial charge on any atom is -0.334 e. The van der Waals surface area contributed by atoms with Crippen molar-refractivity contribution in [1.82, 2.24) is 10.6 Å². The Morgan fingerprint density at radius 3 is 2.46 bits per heavy atom. The number of carbonyl (C=O) groups is 1. The minimum atomic E-state index is -4.40. The summed E-state index contributed by atoms with van der Waals surface area (Å²) in [6, 6.07) is 13.7. The van der Waals surface area contributed by atoms with Gasteiger partial charge in [0.1, 0.15) is 0 Å². The van der Waals surface area contributed by atoms with Crippen molar-refractivity contribution in [3.63, 3.8) is 0 Å². The SMILES string of the molecule is O=C(NCC#Cc1cccc(C(F)(F)F)c1)NCc1ccccc1. The van der Waals surface area contributed by atoms with Crippen LogP contribution in [-0.2, 0) is 12.7 Å². The van der Waals surface area contributed by atoms with Crippen molar-refractivity contribution in [3.8, 4) is 11.8 Å². The monoisotopic (exact) mass is 332 g/mol. The summed E-state index contributed by atoms with van der Waals surface area (Å²) in [4.78, 5) is 11.6. The van der Waals surface area contributed by atoms with E-state index in [0.717, 1.165) is 17.7 Å². The van der Waals surface area contributed by atoms with Crippen LogP contribution < -0.4 is 10.6 Å². The molecule has 2 rings (SSSR count). The molecule has 0 fully saturated rings. The molecule has 0 radical (unpaired) electrons. The maximum absolute atomic E-state index is 12.6. The second kappa shape index (κ2) is 8.06. The summed E-state index contributed by atoms with van der Waals surface area (Å²) >= 11 is 0. The molecule has 6 heteroatoms. The number of hydrogen-bond donors (Lipinski definition) is 2. The summed E-state index contributed by atoms with van der Waals surface area (Å²) in [6.45, 7) is 0.421. The Bertz CT molecular complexity index is 746. The Hall–Kier alpha value is -2.94. The van der Waals surface area contributed by atoms with Crippen molar-refractivity contribution in [1.29, 1.82) is 0 Å². The van der Waals surface area contributed by atoms with E-state index in [4.69, 9.17) is 0 Å². The highest BCUT2D eigenvalue weighted by molar-refractivity contribution is 5.74. The number of amides is 2. The number of hydrogen-bond acceptors (Lipinski definition) is 1. The van der Waals surface area contributed by atoms with E-state index >= 15 is 0 Å². The van der Waals surface area contributed by atoms with Gasteiger partial charge in [0.15, 0.2) is 0 Å². The lowest BCUT2D eigenvalue weighted by Gasteiger charge is -2.06. The van der Waals surface area contributed by atoms with E-state index < -0.39 is 17.8 Å². The number of urea groups is 1. The van der Waals surface area contributed by atoms with Gasteiger partial charge in [-0.15, -0.1) is 0 Å². The average molecular weight is 332 g/mol. The number of carbonyl (C=O) groups excluding carboxylic acids is 1. The van der Waals surface area contributed by atoms with Crippen LogP contribution in [-0.4, -0.2) is 12.6 Å². The molecule has 0 bridgehead atoms. The topological polar surface area (TPSA) is 41.1 Å². The molecule has 24 heavy (non-hydrogen) atoms.